The number of amides is 1. The van der Waals surface area contributed by atoms with Crippen molar-refractivity contribution in [3.05, 3.63) is 42.5 Å². The van der Waals surface area contributed by atoms with Gasteiger partial charge in [-0.25, -0.2) is 13.1 Å². The van der Waals surface area contributed by atoms with Gasteiger partial charge in [0.25, 0.3) is 10.0 Å². The Labute approximate surface area is 140 Å². The molecular formula is C17H19NO5S. The fraction of sp³-hybridized carbons (Fsp3) is 0.294. The van der Waals surface area contributed by atoms with Crippen LogP contribution in [0.1, 0.15) is 20.8 Å². The maximum atomic E-state index is 12.6. The highest BCUT2D eigenvalue weighted by Gasteiger charge is 2.39. The number of benzene rings is 2. The molecular weight excluding hydrogens is 330 g/mol. The topological polar surface area (TPSA) is 101 Å². The SMILES string of the molecule is CC(C)(C)C(C(=O)O)C(=O)NS(=O)(=O)c1cccc2ccccc12. The standard InChI is InChI=1S/C17H19NO5S/c1-17(2,3)14(16(20)21)15(19)18-24(22,23)13-10-6-8-11-7-4-5-9-12(11)13/h4-10,14H,1-3H3,(H,18,19)(H,20,21). The lowest BCUT2D eigenvalue weighted by molar-refractivity contribution is -0.150. The van der Waals surface area contributed by atoms with Gasteiger partial charge in [0.2, 0.25) is 5.91 Å². The van der Waals surface area contributed by atoms with Crippen LogP contribution in [0, 0.1) is 11.3 Å². The first kappa shape index (κ1) is 17.9. The smallest absolute Gasteiger partial charge is 0.316 e. The normalized spacial score (nSPS) is 13.5. The van der Waals surface area contributed by atoms with Gasteiger partial charge in [0.1, 0.15) is 5.92 Å². The quantitative estimate of drug-likeness (QED) is 0.826. The third kappa shape index (κ3) is 3.56. The lowest BCUT2D eigenvalue weighted by atomic mass is 9.80. The molecule has 2 aromatic rings. The summed E-state index contributed by atoms with van der Waals surface area (Å²) in [6, 6.07) is 11.6. The van der Waals surface area contributed by atoms with E-state index in [0.717, 1.165) is 0 Å². The minimum atomic E-state index is -4.19. The van der Waals surface area contributed by atoms with Crippen molar-refractivity contribution in [2.45, 2.75) is 25.7 Å². The van der Waals surface area contributed by atoms with E-state index in [9.17, 15) is 23.1 Å². The summed E-state index contributed by atoms with van der Waals surface area (Å²) in [5.41, 5.74) is -0.926. The highest BCUT2D eigenvalue weighted by atomic mass is 32.2. The van der Waals surface area contributed by atoms with Crippen molar-refractivity contribution < 1.29 is 23.1 Å². The summed E-state index contributed by atoms with van der Waals surface area (Å²) in [4.78, 5) is 23.6. The zero-order valence-electron chi connectivity index (χ0n) is 13.6. The molecule has 6 nitrogen and oxygen atoms in total. The van der Waals surface area contributed by atoms with Crippen molar-refractivity contribution in [1.82, 2.24) is 4.72 Å². The number of hydrogen-bond acceptors (Lipinski definition) is 4. The van der Waals surface area contributed by atoms with Gasteiger partial charge in [0.15, 0.2) is 0 Å². The summed E-state index contributed by atoms with van der Waals surface area (Å²) in [5, 5.41) is 10.4. The first-order valence-electron chi connectivity index (χ1n) is 7.31. The molecule has 2 rings (SSSR count). The van der Waals surface area contributed by atoms with Crippen LogP contribution in [0.5, 0.6) is 0 Å². The van der Waals surface area contributed by atoms with Crippen molar-refractivity contribution >= 4 is 32.7 Å². The van der Waals surface area contributed by atoms with E-state index in [1.165, 1.54) is 6.07 Å². The second kappa shape index (κ2) is 6.24. The largest absolute Gasteiger partial charge is 0.481 e. The summed E-state index contributed by atoms with van der Waals surface area (Å²) >= 11 is 0. The number of sulfonamides is 1. The molecule has 0 saturated carbocycles. The molecule has 0 aliphatic carbocycles. The van der Waals surface area contributed by atoms with Crippen LogP contribution < -0.4 is 4.72 Å². The Hall–Kier alpha value is -2.41. The maximum Gasteiger partial charge on any atom is 0.316 e. The number of nitrogens with one attached hydrogen (secondary N) is 1. The van der Waals surface area contributed by atoms with Gasteiger partial charge >= 0.3 is 5.97 Å². The molecule has 0 fully saturated rings. The third-order valence-corrected chi connectivity index (χ3v) is 5.05. The second-order valence-electron chi connectivity index (χ2n) is 6.58. The number of carbonyl (C=O) groups excluding carboxylic acids is 1. The fourth-order valence-electron chi connectivity index (χ4n) is 2.55. The molecule has 128 valence electrons. The second-order valence-corrected chi connectivity index (χ2v) is 8.24. The fourth-order valence-corrected chi connectivity index (χ4v) is 3.78. The number of fused-ring (bicyclic) bond motifs is 1. The van der Waals surface area contributed by atoms with E-state index in [1.54, 1.807) is 57.2 Å². The highest BCUT2D eigenvalue weighted by molar-refractivity contribution is 7.90. The van der Waals surface area contributed by atoms with Gasteiger partial charge in [-0.1, -0.05) is 57.2 Å². The number of carbonyl (C=O) groups is 2. The van der Waals surface area contributed by atoms with Gasteiger partial charge in [-0.05, 0) is 16.9 Å². The average molecular weight is 349 g/mol. The number of carboxylic acid groups (broad SMARTS) is 1. The molecule has 0 aliphatic rings. The molecule has 1 amide bonds. The van der Waals surface area contributed by atoms with Crippen molar-refractivity contribution in [3.8, 4) is 0 Å². The first-order valence-corrected chi connectivity index (χ1v) is 8.79. The molecule has 0 heterocycles. The van der Waals surface area contributed by atoms with Crippen LogP contribution in [0.4, 0.5) is 0 Å². The summed E-state index contributed by atoms with van der Waals surface area (Å²) in [7, 11) is -4.19. The maximum absolute atomic E-state index is 12.6. The lowest BCUT2D eigenvalue weighted by Gasteiger charge is -2.25. The van der Waals surface area contributed by atoms with Gasteiger partial charge < -0.3 is 5.11 Å². The Morgan fingerprint density at radius 3 is 2.21 bits per heavy atom. The highest BCUT2D eigenvalue weighted by Crippen LogP contribution is 2.28. The Morgan fingerprint density at radius 2 is 1.62 bits per heavy atom. The minimum absolute atomic E-state index is 0.0630. The lowest BCUT2D eigenvalue weighted by Crippen LogP contribution is -2.44. The van der Waals surface area contributed by atoms with Gasteiger partial charge in [0, 0.05) is 5.39 Å². The number of hydrogen-bond donors (Lipinski definition) is 2. The van der Waals surface area contributed by atoms with Crippen LogP contribution in [-0.2, 0) is 19.6 Å². The summed E-state index contributed by atoms with van der Waals surface area (Å²) in [6.07, 6.45) is 0. The van der Waals surface area contributed by atoms with E-state index in [2.05, 4.69) is 0 Å². The zero-order valence-corrected chi connectivity index (χ0v) is 14.4. The Morgan fingerprint density at radius 1 is 1.04 bits per heavy atom. The van der Waals surface area contributed by atoms with Gasteiger partial charge in [-0.3, -0.25) is 9.59 Å². The predicted octanol–water partition coefficient (Wildman–Crippen LogP) is 2.39. The molecule has 0 aromatic heterocycles. The summed E-state index contributed by atoms with van der Waals surface area (Å²) in [5.74, 6) is -3.90. The molecule has 2 aromatic carbocycles. The average Bonchev–Trinajstić information content (AvgIpc) is 2.43. The molecule has 2 N–H and O–H groups in total. The van der Waals surface area contributed by atoms with E-state index >= 15 is 0 Å². The summed E-state index contributed by atoms with van der Waals surface area (Å²) < 4.78 is 27.1. The van der Waals surface area contributed by atoms with Crippen LogP contribution in [-0.4, -0.2) is 25.4 Å². The van der Waals surface area contributed by atoms with E-state index in [4.69, 9.17) is 0 Å². The van der Waals surface area contributed by atoms with Crippen LogP contribution in [0.25, 0.3) is 10.8 Å². The molecule has 0 radical (unpaired) electrons. The van der Waals surface area contributed by atoms with Crippen LogP contribution in [0.2, 0.25) is 0 Å². The van der Waals surface area contributed by atoms with Crippen LogP contribution >= 0.6 is 0 Å². The molecule has 0 aliphatic heterocycles. The molecule has 7 heteroatoms. The Kier molecular flexibility index (Phi) is 4.66. The number of aliphatic carboxylic acids is 1. The number of rotatable bonds is 4. The minimum Gasteiger partial charge on any atom is -0.481 e. The van der Waals surface area contributed by atoms with Crippen molar-refractivity contribution in [2.24, 2.45) is 11.3 Å². The predicted molar refractivity (Wildman–Crippen MR) is 89.9 cm³/mol. The molecule has 0 bridgehead atoms. The monoisotopic (exact) mass is 349 g/mol. The molecule has 1 unspecified atom stereocenters. The van der Waals surface area contributed by atoms with E-state index in [-0.39, 0.29) is 4.90 Å². The van der Waals surface area contributed by atoms with Crippen molar-refractivity contribution in [3.63, 3.8) is 0 Å². The zero-order chi connectivity index (χ0) is 18.1. The Bertz CT molecular complexity index is 891. The van der Waals surface area contributed by atoms with Gasteiger partial charge in [0.05, 0.1) is 4.90 Å². The van der Waals surface area contributed by atoms with E-state index in [1.807, 2.05) is 4.72 Å². The van der Waals surface area contributed by atoms with Crippen LogP contribution in [0.3, 0.4) is 0 Å². The molecule has 1 atom stereocenters. The molecule has 24 heavy (non-hydrogen) atoms. The number of carboxylic acids is 1. The van der Waals surface area contributed by atoms with Gasteiger partial charge in [-0.2, -0.15) is 0 Å². The summed E-state index contributed by atoms with van der Waals surface area (Å²) in [6.45, 7) is 4.70. The van der Waals surface area contributed by atoms with Gasteiger partial charge in [-0.15, -0.1) is 0 Å². The van der Waals surface area contributed by atoms with E-state index in [0.29, 0.717) is 10.8 Å². The molecule has 0 saturated heterocycles. The van der Waals surface area contributed by atoms with Crippen molar-refractivity contribution in [1.29, 1.82) is 0 Å². The third-order valence-electron chi connectivity index (χ3n) is 3.65. The first-order chi connectivity index (χ1) is 11.0. The van der Waals surface area contributed by atoms with Crippen LogP contribution in [0.15, 0.2) is 47.4 Å². The molecule has 0 spiro atoms. The van der Waals surface area contributed by atoms with Crippen molar-refractivity contribution in [2.75, 3.05) is 0 Å². The van der Waals surface area contributed by atoms with E-state index < -0.39 is 33.2 Å². The Balaban J connectivity index is 2.44.